The number of nitrogens with zero attached hydrogens (tertiary/aromatic N) is 1. The highest BCUT2D eigenvalue weighted by molar-refractivity contribution is 9.10. The van der Waals surface area contributed by atoms with Crippen molar-refractivity contribution in [1.82, 2.24) is 10.3 Å². The molecule has 1 aliphatic carbocycles. The fraction of sp³-hybridized carbons (Fsp3) is 0.346. The fourth-order valence-corrected chi connectivity index (χ4v) is 5.89. The number of carbonyl (C=O) groups excluding carboxylic acids is 1. The van der Waals surface area contributed by atoms with Gasteiger partial charge in [-0.2, -0.15) is 0 Å². The number of halogens is 1. The van der Waals surface area contributed by atoms with Gasteiger partial charge in [0, 0.05) is 62.8 Å². The Morgan fingerprint density at radius 3 is 2.55 bits per heavy atom. The second-order valence-corrected chi connectivity index (χ2v) is 10.3. The van der Waals surface area contributed by atoms with E-state index in [1.807, 2.05) is 24.3 Å². The molecule has 158 valence electrons. The molecule has 0 spiro atoms. The second kappa shape index (κ2) is 6.98. The minimum absolute atomic E-state index is 0.0679. The highest BCUT2D eigenvalue weighted by Gasteiger charge is 2.40. The lowest BCUT2D eigenvalue weighted by molar-refractivity contribution is 0.103. The number of carbonyl (C=O) groups is 1. The standard InChI is InChI=1S/C26H26BrN3O/c1-6-16-7-8-17-21(9-16)29-25-23(17)24(31)18-10-20(27)22(11-19(18)26(25,4)5)30-12-14(2)28-15(3)13-30/h1,7-11,14-15,28-29H,12-13H2,2-5H3. The van der Waals surface area contributed by atoms with Crippen LogP contribution >= 0.6 is 15.9 Å². The van der Waals surface area contributed by atoms with Gasteiger partial charge in [0.25, 0.3) is 0 Å². The number of anilines is 1. The molecule has 2 atom stereocenters. The van der Waals surface area contributed by atoms with Crippen molar-refractivity contribution >= 4 is 38.3 Å². The lowest BCUT2D eigenvalue weighted by Crippen LogP contribution is -2.54. The summed E-state index contributed by atoms with van der Waals surface area (Å²) in [6.45, 7) is 10.7. The Morgan fingerprint density at radius 1 is 1.16 bits per heavy atom. The number of rotatable bonds is 1. The summed E-state index contributed by atoms with van der Waals surface area (Å²) in [5.41, 5.74) is 6.09. The van der Waals surface area contributed by atoms with Crippen molar-refractivity contribution in [2.45, 2.75) is 45.2 Å². The lowest BCUT2D eigenvalue weighted by Gasteiger charge is -2.40. The number of hydrogen-bond acceptors (Lipinski definition) is 3. The van der Waals surface area contributed by atoms with Gasteiger partial charge < -0.3 is 15.2 Å². The Morgan fingerprint density at radius 2 is 1.87 bits per heavy atom. The van der Waals surface area contributed by atoms with Crippen LogP contribution in [0, 0.1) is 12.3 Å². The summed E-state index contributed by atoms with van der Waals surface area (Å²) in [4.78, 5) is 19.6. The third-order valence-electron chi connectivity index (χ3n) is 6.72. The van der Waals surface area contributed by atoms with Crippen LogP contribution in [0.3, 0.4) is 0 Å². The van der Waals surface area contributed by atoms with Gasteiger partial charge in [-0.25, -0.2) is 0 Å². The van der Waals surface area contributed by atoms with Gasteiger partial charge in [-0.1, -0.05) is 25.8 Å². The molecule has 2 heterocycles. The maximum atomic E-state index is 13.7. The van der Waals surface area contributed by atoms with E-state index in [0.717, 1.165) is 62.1 Å². The molecule has 3 aromatic rings. The van der Waals surface area contributed by atoms with E-state index < -0.39 is 0 Å². The summed E-state index contributed by atoms with van der Waals surface area (Å²) in [6.07, 6.45) is 5.59. The summed E-state index contributed by atoms with van der Waals surface area (Å²) in [5, 5.41) is 4.52. The molecule has 4 nitrogen and oxygen atoms in total. The number of nitrogens with one attached hydrogen (secondary N) is 2. The molecule has 5 rings (SSSR count). The molecule has 2 aromatic carbocycles. The molecule has 0 bridgehead atoms. The van der Waals surface area contributed by atoms with Crippen LogP contribution in [0.5, 0.6) is 0 Å². The third kappa shape index (κ3) is 3.04. The summed E-state index contributed by atoms with van der Waals surface area (Å²) in [5.74, 6) is 2.75. The van der Waals surface area contributed by atoms with E-state index >= 15 is 0 Å². The van der Waals surface area contributed by atoms with Crippen molar-refractivity contribution in [3.8, 4) is 12.3 Å². The maximum Gasteiger partial charge on any atom is 0.195 e. The zero-order chi connectivity index (χ0) is 22.1. The topological polar surface area (TPSA) is 48.1 Å². The number of benzene rings is 2. The molecular weight excluding hydrogens is 450 g/mol. The Hall–Kier alpha value is -2.55. The number of H-pyrrole nitrogens is 1. The van der Waals surface area contributed by atoms with Gasteiger partial charge >= 0.3 is 0 Å². The van der Waals surface area contributed by atoms with Crippen molar-refractivity contribution in [3.63, 3.8) is 0 Å². The van der Waals surface area contributed by atoms with Crippen LogP contribution in [0.15, 0.2) is 34.8 Å². The number of hydrogen-bond donors (Lipinski definition) is 2. The molecular formula is C26H26BrN3O. The smallest absolute Gasteiger partial charge is 0.195 e. The van der Waals surface area contributed by atoms with Crippen molar-refractivity contribution in [1.29, 1.82) is 0 Å². The normalized spacial score (nSPS) is 22.2. The molecule has 1 aliphatic heterocycles. The Kier molecular flexibility index (Phi) is 4.58. The molecule has 1 fully saturated rings. The first-order valence-electron chi connectivity index (χ1n) is 10.7. The summed E-state index contributed by atoms with van der Waals surface area (Å²) in [6, 6.07) is 10.9. The third-order valence-corrected chi connectivity index (χ3v) is 7.36. The molecule has 0 saturated carbocycles. The van der Waals surface area contributed by atoms with Crippen LogP contribution in [0.4, 0.5) is 5.69 Å². The average Bonchev–Trinajstić information content (AvgIpc) is 3.11. The Labute approximate surface area is 191 Å². The van der Waals surface area contributed by atoms with E-state index in [-0.39, 0.29) is 11.2 Å². The number of fused-ring (bicyclic) bond motifs is 4. The predicted molar refractivity (Wildman–Crippen MR) is 130 cm³/mol. The van der Waals surface area contributed by atoms with E-state index in [1.165, 1.54) is 0 Å². The molecule has 31 heavy (non-hydrogen) atoms. The predicted octanol–water partition coefficient (Wildman–Crippen LogP) is 4.97. The van der Waals surface area contributed by atoms with Gasteiger partial charge in [0.15, 0.2) is 5.78 Å². The minimum atomic E-state index is -0.339. The van der Waals surface area contributed by atoms with E-state index in [9.17, 15) is 4.79 Å². The van der Waals surface area contributed by atoms with Gasteiger partial charge in [-0.15, -0.1) is 6.42 Å². The van der Waals surface area contributed by atoms with E-state index in [1.54, 1.807) is 0 Å². The number of aromatic amines is 1. The number of aromatic nitrogens is 1. The molecule has 5 heteroatoms. The van der Waals surface area contributed by atoms with Crippen molar-refractivity contribution in [2.75, 3.05) is 18.0 Å². The van der Waals surface area contributed by atoms with E-state index in [4.69, 9.17) is 6.42 Å². The first-order chi connectivity index (χ1) is 14.7. The van der Waals surface area contributed by atoms with Crippen LogP contribution in [0.1, 0.15) is 60.4 Å². The molecule has 1 aromatic heterocycles. The first kappa shape index (κ1) is 20.4. The van der Waals surface area contributed by atoms with Crippen LogP contribution < -0.4 is 10.2 Å². The van der Waals surface area contributed by atoms with Gasteiger partial charge in [-0.05, 0) is 59.6 Å². The van der Waals surface area contributed by atoms with Crippen molar-refractivity contribution in [2.24, 2.45) is 0 Å². The van der Waals surface area contributed by atoms with Crippen molar-refractivity contribution < 1.29 is 4.79 Å². The van der Waals surface area contributed by atoms with E-state index in [0.29, 0.717) is 12.1 Å². The molecule has 2 aliphatic rings. The van der Waals surface area contributed by atoms with Crippen LogP contribution in [-0.2, 0) is 5.41 Å². The molecule has 0 amide bonds. The zero-order valence-electron chi connectivity index (χ0n) is 18.3. The summed E-state index contributed by atoms with van der Waals surface area (Å²) < 4.78 is 0.967. The molecule has 2 N–H and O–H groups in total. The Balaban J connectivity index is 1.69. The highest BCUT2D eigenvalue weighted by Crippen LogP contribution is 2.46. The fourth-order valence-electron chi connectivity index (χ4n) is 5.29. The maximum absolute atomic E-state index is 13.7. The van der Waals surface area contributed by atoms with Crippen molar-refractivity contribution in [3.05, 3.63) is 62.8 Å². The van der Waals surface area contributed by atoms with Gasteiger partial charge in [0.2, 0.25) is 0 Å². The number of piperazine rings is 1. The quantitative estimate of drug-likeness (QED) is 0.488. The minimum Gasteiger partial charge on any atom is -0.368 e. The number of ketones is 1. The number of terminal acetylenes is 1. The first-order valence-corrected chi connectivity index (χ1v) is 11.5. The van der Waals surface area contributed by atoms with Crippen LogP contribution in [-0.4, -0.2) is 35.9 Å². The molecule has 2 unspecified atom stereocenters. The average molecular weight is 476 g/mol. The molecule has 1 saturated heterocycles. The van der Waals surface area contributed by atoms with Gasteiger partial charge in [0.05, 0.1) is 11.3 Å². The summed E-state index contributed by atoms with van der Waals surface area (Å²) >= 11 is 3.77. The largest absolute Gasteiger partial charge is 0.368 e. The Bertz CT molecular complexity index is 1270. The highest BCUT2D eigenvalue weighted by atomic mass is 79.9. The summed E-state index contributed by atoms with van der Waals surface area (Å²) in [7, 11) is 0. The van der Waals surface area contributed by atoms with Gasteiger partial charge in [-0.3, -0.25) is 4.79 Å². The monoisotopic (exact) mass is 475 g/mol. The van der Waals surface area contributed by atoms with Gasteiger partial charge in [0.1, 0.15) is 0 Å². The van der Waals surface area contributed by atoms with E-state index in [2.05, 4.69) is 70.8 Å². The second-order valence-electron chi connectivity index (χ2n) is 9.46. The zero-order valence-corrected chi connectivity index (χ0v) is 19.9. The SMILES string of the molecule is C#Cc1ccc2c3c([nH]c2c1)C(C)(C)c1cc(N2CC(C)NC(C)C2)c(Br)cc1C3=O. The van der Waals surface area contributed by atoms with Crippen LogP contribution in [0.25, 0.3) is 10.9 Å². The molecule has 0 radical (unpaired) electrons. The van der Waals surface area contributed by atoms with Crippen LogP contribution in [0.2, 0.25) is 0 Å². The lowest BCUT2D eigenvalue weighted by atomic mass is 9.71.